The molecule has 138 valence electrons. The molecule has 0 saturated carbocycles. The van der Waals surface area contributed by atoms with Crippen LogP contribution in [0.2, 0.25) is 0 Å². The second-order valence-corrected chi connectivity index (χ2v) is 6.96. The summed E-state index contributed by atoms with van der Waals surface area (Å²) in [6.07, 6.45) is 6.63. The molecule has 1 N–H and O–H groups in total. The molecule has 0 unspecified atom stereocenters. The minimum Gasteiger partial charge on any atom is -0.497 e. The quantitative estimate of drug-likeness (QED) is 0.866. The summed E-state index contributed by atoms with van der Waals surface area (Å²) in [5, 5.41) is 2.98. The van der Waals surface area contributed by atoms with Crippen molar-refractivity contribution < 1.29 is 9.53 Å². The van der Waals surface area contributed by atoms with Crippen molar-refractivity contribution in [2.24, 2.45) is 5.92 Å². The third kappa shape index (κ3) is 4.75. The van der Waals surface area contributed by atoms with Gasteiger partial charge in [0.1, 0.15) is 5.75 Å². The van der Waals surface area contributed by atoms with Crippen molar-refractivity contribution >= 4 is 11.6 Å². The summed E-state index contributed by atoms with van der Waals surface area (Å²) in [4.78, 5) is 19.0. The largest absolute Gasteiger partial charge is 0.497 e. The SMILES string of the molecule is COc1cccc(CCNC(=O)c2cncc(N3CCC(C)CC3)c2)c1. The highest BCUT2D eigenvalue weighted by Crippen LogP contribution is 2.23. The van der Waals surface area contributed by atoms with Crippen LogP contribution < -0.4 is 15.0 Å². The number of methoxy groups -OCH3 is 1. The summed E-state index contributed by atoms with van der Waals surface area (Å²) in [5.41, 5.74) is 2.79. The highest BCUT2D eigenvalue weighted by Gasteiger charge is 2.17. The summed E-state index contributed by atoms with van der Waals surface area (Å²) in [7, 11) is 1.66. The van der Waals surface area contributed by atoms with E-state index in [-0.39, 0.29) is 5.91 Å². The number of hydrogen-bond donors (Lipinski definition) is 1. The number of nitrogens with zero attached hydrogens (tertiary/aromatic N) is 2. The molecular formula is C21H27N3O2. The van der Waals surface area contributed by atoms with Gasteiger partial charge in [-0.15, -0.1) is 0 Å². The van der Waals surface area contributed by atoms with Crippen LogP contribution in [-0.2, 0) is 6.42 Å². The molecule has 1 aromatic heterocycles. The topological polar surface area (TPSA) is 54.5 Å². The van der Waals surface area contributed by atoms with Gasteiger partial charge in [0.15, 0.2) is 0 Å². The van der Waals surface area contributed by atoms with Crippen LogP contribution in [0.5, 0.6) is 5.75 Å². The molecule has 0 spiro atoms. The van der Waals surface area contributed by atoms with Gasteiger partial charge < -0.3 is 15.0 Å². The molecule has 1 aliphatic rings. The summed E-state index contributed by atoms with van der Waals surface area (Å²) in [6.45, 7) is 4.94. The zero-order valence-corrected chi connectivity index (χ0v) is 15.6. The number of rotatable bonds is 6. The van der Waals surface area contributed by atoms with E-state index in [0.717, 1.165) is 42.4 Å². The highest BCUT2D eigenvalue weighted by molar-refractivity contribution is 5.94. The maximum Gasteiger partial charge on any atom is 0.252 e. The zero-order valence-electron chi connectivity index (χ0n) is 15.6. The maximum absolute atomic E-state index is 12.5. The molecule has 1 aliphatic heterocycles. The summed E-state index contributed by atoms with van der Waals surface area (Å²) >= 11 is 0. The minimum atomic E-state index is -0.0763. The van der Waals surface area contributed by atoms with Gasteiger partial charge in [-0.05, 0) is 48.9 Å². The van der Waals surface area contributed by atoms with Crippen molar-refractivity contribution in [2.45, 2.75) is 26.2 Å². The van der Waals surface area contributed by atoms with Crippen LogP contribution >= 0.6 is 0 Å². The van der Waals surface area contributed by atoms with Gasteiger partial charge in [-0.1, -0.05) is 19.1 Å². The first-order chi connectivity index (χ1) is 12.7. The number of ether oxygens (including phenoxy) is 1. The summed E-state index contributed by atoms with van der Waals surface area (Å²) in [6, 6.07) is 9.85. The Kier molecular flexibility index (Phi) is 6.10. The molecule has 3 rings (SSSR count). The summed E-state index contributed by atoms with van der Waals surface area (Å²) < 4.78 is 5.23. The maximum atomic E-state index is 12.5. The number of hydrogen-bond acceptors (Lipinski definition) is 4. The molecule has 1 amide bonds. The molecule has 0 aliphatic carbocycles. The van der Waals surface area contributed by atoms with E-state index in [2.05, 4.69) is 22.1 Å². The van der Waals surface area contributed by atoms with Crippen LogP contribution in [0.15, 0.2) is 42.7 Å². The fourth-order valence-electron chi connectivity index (χ4n) is 3.24. The monoisotopic (exact) mass is 353 g/mol. The molecule has 2 aromatic rings. The van der Waals surface area contributed by atoms with Crippen LogP contribution in [-0.4, -0.2) is 37.6 Å². The Hall–Kier alpha value is -2.56. The third-order valence-electron chi connectivity index (χ3n) is 4.97. The fourth-order valence-corrected chi connectivity index (χ4v) is 3.24. The zero-order chi connectivity index (χ0) is 18.4. The highest BCUT2D eigenvalue weighted by atomic mass is 16.5. The van der Waals surface area contributed by atoms with Crippen LogP contribution in [0.3, 0.4) is 0 Å². The van der Waals surface area contributed by atoms with E-state index in [1.54, 1.807) is 13.3 Å². The van der Waals surface area contributed by atoms with Crippen LogP contribution in [0, 0.1) is 5.92 Å². The number of pyridine rings is 1. The second-order valence-electron chi connectivity index (χ2n) is 6.96. The normalized spacial score (nSPS) is 14.9. The lowest BCUT2D eigenvalue weighted by Gasteiger charge is -2.32. The van der Waals surface area contributed by atoms with Crippen molar-refractivity contribution in [2.75, 3.05) is 31.6 Å². The Bertz CT molecular complexity index is 740. The number of amides is 1. The Morgan fingerprint density at radius 1 is 1.27 bits per heavy atom. The number of nitrogens with one attached hydrogen (secondary N) is 1. The number of carbonyl (C=O) groups excluding carboxylic acids is 1. The van der Waals surface area contributed by atoms with Gasteiger partial charge in [-0.3, -0.25) is 9.78 Å². The van der Waals surface area contributed by atoms with Gasteiger partial charge in [0.2, 0.25) is 0 Å². The molecule has 2 heterocycles. The summed E-state index contributed by atoms with van der Waals surface area (Å²) in [5.74, 6) is 1.54. The molecule has 5 nitrogen and oxygen atoms in total. The van der Waals surface area contributed by atoms with Crippen molar-refractivity contribution in [1.82, 2.24) is 10.3 Å². The van der Waals surface area contributed by atoms with Gasteiger partial charge in [0, 0.05) is 25.8 Å². The minimum absolute atomic E-state index is 0.0763. The van der Waals surface area contributed by atoms with E-state index in [1.165, 1.54) is 12.8 Å². The number of aromatic nitrogens is 1. The molecule has 1 saturated heterocycles. The Morgan fingerprint density at radius 2 is 2.08 bits per heavy atom. The van der Waals surface area contributed by atoms with E-state index in [1.807, 2.05) is 36.5 Å². The average molecular weight is 353 g/mol. The fraction of sp³-hybridized carbons (Fsp3) is 0.429. The van der Waals surface area contributed by atoms with Crippen molar-refractivity contribution in [3.63, 3.8) is 0 Å². The van der Waals surface area contributed by atoms with Crippen molar-refractivity contribution in [3.05, 3.63) is 53.9 Å². The van der Waals surface area contributed by atoms with Crippen molar-refractivity contribution in [1.29, 1.82) is 0 Å². The Labute approximate surface area is 155 Å². The predicted octanol–water partition coefficient (Wildman–Crippen LogP) is 3.30. The number of benzene rings is 1. The first-order valence-corrected chi connectivity index (χ1v) is 9.27. The van der Waals surface area contributed by atoms with Crippen LogP contribution in [0.4, 0.5) is 5.69 Å². The van der Waals surface area contributed by atoms with E-state index in [4.69, 9.17) is 4.74 Å². The van der Waals surface area contributed by atoms with Gasteiger partial charge in [-0.25, -0.2) is 0 Å². The standard InChI is InChI=1S/C21H27N3O2/c1-16-7-10-24(11-8-16)19-13-18(14-22-15-19)21(25)23-9-6-17-4-3-5-20(12-17)26-2/h3-5,12-16H,6-11H2,1-2H3,(H,23,25). The second kappa shape index (κ2) is 8.70. The van der Waals surface area contributed by atoms with E-state index < -0.39 is 0 Å². The van der Waals surface area contributed by atoms with Crippen molar-refractivity contribution in [3.8, 4) is 5.75 Å². The number of carbonyl (C=O) groups is 1. The van der Waals surface area contributed by atoms with Gasteiger partial charge >= 0.3 is 0 Å². The lowest BCUT2D eigenvalue weighted by atomic mass is 9.99. The van der Waals surface area contributed by atoms with Crippen LogP contribution in [0.1, 0.15) is 35.7 Å². The first-order valence-electron chi connectivity index (χ1n) is 9.27. The molecular weight excluding hydrogens is 326 g/mol. The lowest BCUT2D eigenvalue weighted by Crippen LogP contribution is -2.33. The Balaban J connectivity index is 1.55. The van der Waals surface area contributed by atoms with E-state index in [9.17, 15) is 4.79 Å². The van der Waals surface area contributed by atoms with Crippen LogP contribution in [0.25, 0.3) is 0 Å². The third-order valence-corrected chi connectivity index (χ3v) is 4.97. The first kappa shape index (κ1) is 18.2. The smallest absolute Gasteiger partial charge is 0.252 e. The van der Waals surface area contributed by atoms with E-state index >= 15 is 0 Å². The van der Waals surface area contributed by atoms with Gasteiger partial charge in [-0.2, -0.15) is 0 Å². The Morgan fingerprint density at radius 3 is 2.85 bits per heavy atom. The molecule has 1 fully saturated rings. The number of piperidine rings is 1. The average Bonchev–Trinajstić information content (AvgIpc) is 2.69. The number of anilines is 1. The molecule has 1 aromatic carbocycles. The lowest BCUT2D eigenvalue weighted by molar-refractivity contribution is 0.0954. The molecule has 0 bridgehead atoms. The molecule has 0 atom stereocenters. The van der Waals surface area contributed by atoms with E-state index in [0.29, 0.717) is 12.1 Å². The molecule has 26 heavy (non-hydrogen) atoms. The molecule has 0 radical (unpaired) electrons. The van der Waals surface area contributed by atoms with Gasteiger partial charge in [0.25, 0.3) is 5.91 Å². The predicted molar refractivity (Wildman–Crippen MR) is 104 cm³/mol. The van der Waals surface area contributed by atoms with Gasteiger partial charge in [0.05, 0.1) is 24.6 Å². The molecule has 5 heteroatoms.